The van der Waals surface area contributed by atoms with Crippen molar-refractivity contribution in [2.24, 2.45) is 7.05 Å². The summed E-state index contributed by atoms with van der Waals surface area (Å²) in [6, 6.07) is 9.65. The van der Waals surface area contributed by atoms with Crippen LogP contribution >= 0.6 is 0 Å². The number of hydrogen-bond acceptors (Lipinski definition) is 6. The van der Waals surface area contributed by atoms with Gasteiger partial charge in [0, 0.05) is 18.7 Å². The predicted octanol–water partition coefficient (Wildman–Crippen LogP) is 2.80. The summed E-state index contributed by atoms with van der Waals surface area (Å²) in [6.45, 7) is 1.60. The number of halogens is 3. The van der Waals surface area contributed by atoms with E-state index in [9.17, 15) is 27.6 Å². The van der Waals surface area contributed by atoms with E-state index in [1.807, 2.05) is 0 Å². The highest BCUT2D eigenvalue weighted by molar-refractivity contribution is 5.93. The Labute approximate surface area is 207 Å². The van der Waals surface area contributed by atoms with Crippen LogP contribution in [-0.2, 0) is 18.0 Å². The van der Waals surface area contributed by atoms with E-state index in [0.717, 1.165) is 12.6 Å². The maximum Gasteiger partial charge on any atom is 0.431 e. The molecule has 0 aliphatic rings. The van der Waals surface area contributed by atoms with E-state index in [1.165, 1.54) is 18.2 Å². The molecule has 2 aromatic carbocycles. The molecule has 0 spiro atoms. The number of terminal acetylenes is 1. The molecule has 0 saturated carbocycles. The summed E-state index contributed by atoms with van der Waals surface area (Å²) in [5.41, 5.74) is -1.62. The molecule has 4 rings (SSSR count). The molecule has 0 radical (unpaired) electrons. The van der Waals surface area contributed by atoms with Crippen molar-refractivity contribution in [1.29, 1.82) is 0 Å². The van der Waals surface area contributed by atoms with Gasteiger partial charge in [-0.05, 0) is 42.8 Å². The predicted molar refractivity (Wildman–Crippen MR) is 127 cm³/mol. The van der Waals surface area contributed by atoms with E-state index in [1.54, 1.807) is 25.1 Å². The number of fused-ring (bicyclic) bond motifs is 1. The SMILES string of the molecule is C#CCNC(=O)COc1ccc(C)c(-c2noc3ccc(-n4c(=O)cc(C(F)(F)F)n(C)c4=O)cc23)c1. The molecule has 2 aromatic heterocycles. The number of nitrogens with zero attached hydrogens (tertiary/aromatic N) is 3. The van der Waals surface area contributed by atoms with Crippen molar-refractivity contribution >= 4 is 16.9 Å². The molecule has 4 aromatic rings. The molecule has 0 saturated heterocycles. The normalized spacial score (nSPS) is 11.4. The van der Waals surface area contributed by atoms with E-state index in [0.29, 0.717) is 43.2 Å². The zero-order valence-corrected chi connectivity index (χ0v) is 19.5. The highest BCUT2D eigenvalue weighted by atomic mass is 19.4. The van der Waals surface area contributed by atoms with E-state index < -0.39 is 29.0 Å². The Kier molecular flexibility index (Phi) is 6.63. The molecule has 9 nitrogen and oxygen atoms in total. The average Bonchev–Trinajstić information content (AvgIpc) is 3.27. The Morgan fingerprint density at radius 1 is 1.19 bits per heavy atom. The van der Waals surface area contributed by atoms with Crippen LogP contribution in [0, 0.1) is 19.3 Å². The highest BCUT2D eigenvalue weighted by Crippen LogP contribution is 2.33. The van der Waals surface area contributed by atoms with Crippen molar-refractivity contribution in [1.82, 2.24) is 19.6 Å². The molecular formula is C25H19F3N4O5. The van der Waals surface area contributed by atoms with Crippen molar-refractivity contribution in [3.63, 3.8) is 0 Å². The lowest BCUT2D eigenvalue weighted by atomic mass is 10.0. The minimum Gasteiger partial charge on any atom is -0.484 e. The first kappa shape index (κ1) is 25.3. The number of nitrogens with one attached hydrogen (secondary N) is 1. The quantitative estimate of drug-likeness (QED) is 0.398. The van der Waals surface area contributed by atoms with Crippen LogP contribution in [0.15, 0.2) is 56.6 Å². The molecule has 1 N–H and O–H groups in total. The number of ether oxygens (including phenoxy) is 1. The first-order valence-corrected chi connectivity index (χ1v) is 10.8. The third-order valence-corrected chi connectivity index (χ3v) is 5.54. The van der Waals surface area contributed by atoms with Crippen LogP contribution in [-0.4, -0.2) is 33.3 Å². The molecule has 0 aliphatic heterocycles. The summed E-state index contributed by atoms with van der Waals surface area (Å²) in [6.07, 6.45) is 0.241. The van der Waals surface area contributed by atoms with Gasteiger partial charge >= 0.3 is 11.9 Å². The van der Waals surface area contributed by atoms with Gasteiger partial charge in [0.05, 0.1) is 17.6 Å². The molecule has 37 heavy (non-hydrogen) atoms. The molecule has 0 atom stereocenters. The van der Waals surface area contributed by atoms with Gasteiger partial charge in [0.15, 0.2) is 12.2 Å². The number of amides is 1. The summed E-state index contributed by atoms with van der Waals surface area (Å²) < 4.78 is 51.5. The van der Waals surface area contributed by atoms with Crippen molar-refractivity contribution in [2.75, 3.05) is 13.2 Å². The Morgan fingerprint density at radius 3 is 2.65 bits per heavy atom. The van der Waals surface area contributed by atoms with Gasteiger partial charge in [0.1, 0.15) is 17.1 Å². The summed E-state index contributed by atoms with van der Waals surface area (Å²) in [5, 5.41) is 6.98. The van der Waals surface area contributed by atoms with Gasteiger partial charge in [-0.1, -0.05) is 17.1 Å². The van der Waals surface area contributed by atoms with Crippen molar-refractivity contribution < 1.29 is 27.2 Å². The van der Waals surface area contributed by atoms with Crippen molar-refractivity contribution in [3.05, 3.63) is 74.6 Å². The molecule has 0 bridgehead atoms. The standard InChI is InChI=1S/C25H19F3N4O5/c1-4-9-29-21(33)13-36-16-7-5-14(2)17(11-16)23-18-10-15(6-8-19(18)37-30-23)32-22(34)12-20(25(26,27)28)31(3)24(32)35/h1,5-8,10-12H,9,13H2,2-3H3,(H,29,33). The molecule has 0 unspecified atom stereocenters. The van der Waals surface area contributed by atoms with E-state index in [2.05, 4.69) is 16.4 Å². The average molecular weight is 512 g/mol. The van der Waals surface area contributed by atoms with Crippen LogP contribution in [0.5, 0.6) is 5.75 Å². The van der Waals surface area contributed by atoms with Gasteiger partial charge in [0.2, 0.25) is 0 Å². The summed E-state index contributed by atoms with van der Waals surface area (Å²) >= 11 is 0. The van der Waals surface area contributed by atoms with Gasteiger partial charge in [-0.3, -0.25) is 14.2 Å². The monoisotopic (exact) mass is 512 g/mol. The number of rotatable bonds is 6. The number of benzene rings is 2. The van der Waals surface area contributed by atoms with Crippen molar-refractivity contribution in [3.8, 4) is 35.0 Å². The Hall–Kier alpha value is -4.79. The van der Waals surface area contributed by atoms with E-state index >= 15 is 0 Å². The van der Waals surface area contributed by atoms with Crippen LogP contribution in [0.3, 0.4) is 0 Å². The lowest BCUT2D eigenvalue weighted by Gasteiger charge is -2.14. The molecule has 0 aliphatic carbocycles. The van der Waals surface area contributed by atoms with E-state index in [-0.39, 0.29) is 18.8 Å². The van der Waals surface area contributed by atoms with Crippen LogP contribution in [0.25, 0.3) is 27.9 Å². The lowest BCUT2D eigenvalue weighted by molar-refractivity contribution is -0.144. The van der Waals surface area contributed by atoms with Gasteiger partial charge < -0.3 is 14.6 Å². The molecule has 0 fully saturated rings. The fraction of sp³-hybridized carbons (Fsp3) is 0.200. The number of carbonyl (C=O) groups is 1. The smallest absolute Gasteiger partial charge is 0.431 e. The summed E-state index contributed by atoms with van der Waals surface area (Å²) in [5.74, 6) is 2.24. The maximum atomic E-state index is 13.2. The zero-order chi connectivity index (χ0) is 26.9. The fourth-order valence-electron chi connectivity index (χ4n) is 3.69. The van der Waals surface area contributed by atoms with Crippen LogP contribution in [0.2, 0.25) is 0 Å². The number of alkyl halides is 3. The van der Waals surface area contributed by atoms with Gasteiger partial charge in [-0.15, -0.1) is 6.42 Å². The number of carbonyl (C=O) groups excluding carboxylic acids is 1. The number of hydrogen-bond donors (Lipinski definition) is 1. The topological polar surface area (TPSA) is 108 Å². The van der Waals surface area contributed by atoms with Crippen molar-refractivity contribution in [2.45, 2.75) is 13.1 Å². The second-order valence-electron chi connectivity index (χ2n) is 8.00. The minimum atomic E-state index is -4.87. The van der Waals surface area contributed by atoms with Gasteiger partial charge in [0.25, 0.3) is 11.5 Å². The first-order valence-electron chi connectivity index (χ1n) is 10.8. The molecular weight excluding hydrogens is 493 g/mol. The van der Waals surface area contributed by atoms with Crippen LogP contribution in [0.1, 0.15) is 11.3 Å². The highest BCUT2D eigenvalue weighted by Gasteiger charge is 2.35. The largest absolute Gasteiger partial charge is 0.484 e. The molecule has 190 valence electrons. The molecule has 1 amide bonds. The zero-order valence-electron chi connectivity index (χ0n) is 19.5. The third-order valence-electron chi connectivity index (χ3n) is 5.54. The maximum absolute atomic E-state index is 13.2. The summed E-state index contributed by atoms with van der Waals surface area (Å²) in [4.78, 5) is 37.0. The minimum absolute atomic E-state index is 0.0338. The molecule has 12 heteroatoms. The van der Waals surface area contributed by atoms with E-state index in [4.69, 9.17) is 15.7 Å². The Bertz CT molecular complexity index is 1680. The van der Waals surface area contributed by atoms with Crippen LogP contribution in [0.4, 0.5) is 13.2 Å². The fourth-order valence-corrected chi connectivity index (χ4v) is 3.69. The summed E-state index contributed by atoms with van der Waals surface area (Å²) in [7, 11) is 0.937. The van der Waals surface area contributed by atoms with Gasteiger partial charge in [-0.25, -0.2) is 9.36 Å². The lowest BCUT2D eigenvalue weighted by Crippen LogP contribution is -2.40. The molecule has 2 heterocycles. The third kappa shape index (κ3) is 4.97. The Morgan fingerprint density at radius 2 is 1.95 bits per heavy atom. The Balaban J connectivity index is 1.76. The number of aromatic nitrogens is 3. The van der Waals surface area contributed by atoms with Gasteiger partial charge in [-0.2, -0.15) is 13.2 Å². The first-order chi connectivity index (χ1) is 17.5. The number of aryl methyl sites for hydroxylation is 1. The second-order valence-corrected chi connectivity index (χ2v) is 8.00. The van der Waals surface area contributed by atoms with Crippen LogP contribution < -0.4 is 21.3 Å². The second kappa shape index (κ2) is 9.69.